The lowest BCUT2D eigenvalue weighted by molar-refractivity contribution is 0.0900. The second kappa shape index (κ2) is 8.45. The van der Waals surface area contributed by atoms with E-state index in [-0.39, 0.29) is 17.9 Å². The lowest BCUT2D eigenvalue weighted by Gasteiger charge is -2.25. The Hall–Kier alpha value is -3.19. The van der Waals surface area contributed by atoms with Crippen molar-refractivity contribution in [2.24, 2.45) is 0 Å². The molecule has 1 aliphatic heterocycles. The largest absolute Gasteiger partial charge is 0.494 e. The summed E-state index contributed by atoms with van der Waals surface area (Å²) in [5.41, 5.74) is 3.00. The molecular formula is C22H23FN4O2. The first-order valence-corrected chi connectivity index (χ1v) is 9.73. The molecule has 29 heavy (non-hydrogen) atoms. The van der Waals surface area contributed by atoms with E-state index in [2.05, 4.69) is 22.7 Å². The van der Waals surface area contributed by atoms with Gasteiger partial charge in [0.15, 0.2) is 0 Å². The van der Waals surface area contributed by atoms with Crippen molar-refractivity contribution in [2.75, 3.05) is 13.2 Å². The summed E-state index contributed by atoms with van der Waals surface area (Å²) >= 11 is 0. The highest BCUT2D eigenvalue weighted by atomic mass is 19.1. The molecule has 0 saturated carbocycles. The van der Waals surface area contributed by atoms with E-state index in [0.717, 1.165) is 23.3 Å². The quantitative estimate of drug-likeness (QED) is 0.644. The highest BCUT2D eigenvalue weighted by Crippen LogP contribution is 2.23. The Morgan fingerprint density at radius 3 is 2.69 bits per heavy atom. The van der Waals surface area contributed by atoms with E-state index >= 15 is 0 Å². The summed E-state index contributed by atoms with van der Waals surface area (Å²) in [7, 11) is 0. The molecule has 150 valence electrons. The van der Waals surface area contributed by atoms with Crippen LogP contribution in [0.15, 0.2) is 54.6 Å². The molecule has 0 radical (unpaired) electrons. The van der Waals surface area contributed by atoms with Crippen LogP contribution in [0, 0.1) is 5.82 Å². The number of carbonyl (C=O) groups excluding carboxylic acids is 1. The van der Waals surface area contributed by atoms with Crippen LogP contribution in [-0.4, -0.2) is 28.8 Å². The van der Waals surface area contributed by atoms with Gasteiger partial charge in [-0.05, 0) is 54.4 Å². The molecular weight excluding hydrogens is 371 g/mol. The van der Waals surface area contributed by atoms with Gasteiger partial charge in [0, 0.05) is 12.1 Å². The minimum Gasteiger partial charge on any atom is -0.494 e. The van der Waals surface area contributed by atoms with Gasteiger partial charge >= 0.3 is 0 Å². The summed E-state index contributed by atoms with van der Waals surface area (Å²) in [6.07, 6.45) is 0.802. The van der Waals surface area contributed by atoms with Crippen molar-refractivity contribution < 1.29 is 13.9 Å². The standard InChI is InChI=1S/C22H23FN4O2/c1-2-11-29-18-9-3-15(4-10-18)13-24-21-14-25-22(28)20-12-19(26-27(20)21)16-5-7-17(23)8-6-16/h3-10,12,21,24H,2,11,13-14H2,1H3,(H,25,28)/t21-/m1/s1. The third kappa shape index (κ3) is 4.30. The van der Waals surface area contributed by atoms with Gasteiger partial charge in [0.1, 0.15) is 23.4 Å². The first kappa shape index (κ1) is 19.1. The number of nitrogens with one attached hydrogen (secondary N) is 2. The number of benzene rings is 2. The topological polar surface area (TPSA) is 68.2 Å². The van der Waals surface area contributed by atoms with Gasteiger partial charge in [0.25, 0.3) is 5.91 Å². The van der Waals surface area contributed by atoms with Crippen LogP contribution < -0.4 is 15.4 Å². The van der Waals surface area contributed by atoms with Crippen LogP contribution in [0.1, 0.15) is 35.6 Å². The Morgan fingerprint density at radius 1 is 1.21 bits per heavy atom. The maximum Gasteiger partial charge on any atom is 0.269 e. The average molecular weight is 394 g/mol. The van der Waals surface area contributed by atoms with Crippen LogP contribution in [-0.2, 0) is 6.54 Å². The Morgan fingerprint density at radius 2 is 1.97 bits per heavy atom. The summed E-state index contributed by atoms with van der Waals surface area (Å²) in [5, 5.41) is 10.9. The first-order chi connectivity index (χ1) is 14.1. The normalized spacial score (nSPS) is 15.7. The number of amides is 1. The van der Waals surface area contributed by atoms with Crippen LogP contribution in [0.25, 0.3) is 11.3 Å². The second-order valence-electron chi connectivity index (χ2n) is 6.97. The van der Waals surface area contributed by atoms with Gasteiger partial charge in [-0.15, -0.1) is 0 Å². The minimum atomic E-state index is -0.305. The maximum absolute atomic E-state index is 13.2. The zero-order chi connectivity index (χ0) is 20.2. The molecule has 2 heterocycles. The Kier molecular flexibility index (Phi) is 5.57. The second-order valence-corrected chi connectivity index (χ2v) is 6.97. The van der Waals surface area contributed by atoms with Crippen LogP contribution in [0.2, 0.25) is 0 Å². The van der Waals surface area contributed by atoms with E-state index in [9.17, 15) is 9.18 Å². The number of hydrogen-bond acceptors (Lipinski definition) is 4. The fourth-order valence-corrected chi connectivity index (χ4v) is 3.25. The summed E-state index contributed by atoms with van der Waals surface area (Å²) in [6.45, 7) is 3.85. The molecule has 0 unspecified atom stereocenters. The number of fused-ring (bicyclic) bond motifs is 1. The molecule has 1 atom stereocenters. The van der Waals surface area contributed by atoms with Gasteiger partial charge < -0.3 is 10.1 Å². The highest BCUT2D eigenvalue weighted by molar-refractivity contribution is 5.94. The van der Waals surface area contributed by atoms with Gasteiger partial charge in [-0.25, -0.2) is 9.07 Å². The summed E-state index contributed by atoms with van der Waals surface area (Å²) < 4.78 is 20.5. The molecule has 4 rings (SSSR count). The van der Waals surface area contributed by atoms with Gasteiger partial charge in [-0.3, -0.25) is 10.1 Å². The van der Waals surface area contributed by atoms with Crippen molar-refractivity contribution in [2.45, 2.75) is 26.1 Å². The molecule has 1 aromatic heterocycles. The SMILES string of the molecule is CCCOc1ccc(CN[C@H]2CNC(=O)c3cc(-c4ccc(F)cc4)nn32)cc1. The number of ether oxygens (including phenoxy) is 1. The predicted molar refractivity (Wildman–Crippen MR) is 108 cm³/mol. The van der Waals surface area contributed by atoms with Crippen molar-refractivity contribution >= 4 is 5.91 Å². The summed E-state index contributed by atoms with van der Waals surface area (Å²) in [6, 6.07) is 15.8. The molecule has 1 amide bonds. The fourth-order valence-electron chi connectivity index (χ4n) is 3.25. The third-order valence-corrected chi connectivity index (χ3v) is 4.80. The van der Waals surface area contributed by atoms with Crippen molar-refractivity contribution in [3.8, 4) is 17.0 Å². The summed E-state index contributed by atoms with van der Waals surface area (Å²) in [4.78, 5) is 12.3. The number of carbonyl (C=O) groups is 1. The number of hydrogen-bond donors (Lipinski definition) is 2. The van der Waals surface area contributed by atoms with Crippen molar-refractivity contribution in [3.63, 3.8) is 0 Å². The molecule has 7 heteroatoms. The smallest absolute Gasteiger partial charge is 0.269 e. The molecule has 0 aliphatic carbocycles. The van der Waals surface area contributed by atoms with E-state index < -0.39 is 0 Å². The zero-order valence-electron chi connectivity index (χ0n) is 16.2. The van der Waals surface area contributed by atoms with Gasteiger partial charge in [-0.1, -0.05) is 19.1 Å². The Balaban J connectivity index is 1.48. The third-order valence-electron chi connectivity index (χ3n) is 4.80. The number of rotatable bonds is 7. The van der Waals surface area contributed by atoms with Crippen LogP contribution in [0.4, 0.5) is 4.39 Å². The average Bonchev–Trinajstić information content (AvgIpc) is 3.19. The van der Waals surface area contributed by atoms with Crippen molar-refractivity contribution in [1.29, 1.82) is 0 Å². The Labute approximate surface area is 168 Å². The summed E-state index contributed by atoms with van der Waals surface area (Å²) in [5.74, 6) is 0.390. The van der Waals surface area contributed by atoms with E-state index in [1.54, 1.807) is 22.9 Å². The predicted octanol–water partition coefficient (Wildman–Crippen LogP) is 3.51. The lowest BCUT2D eigenvalue weighted by atomic mass is 10.1. The molecule has 2 N–H and O–H groups in total. The molecule has 0 fully saturated rings. The molecule has 3 aromatic rings. The minimum absolute atomic E-state index is 0.165. The van der Waals surface area contributed by atoms with E-state index in [1.165, 1.54) is 12.1 Å². The molecule has 0 spiro atoms. The lowest BCUT2D eigenvalue weighted by Crippen LogP contribution is -2.45. The Bertz CT molecular complexity index is 983. The zero-order valence-corrected chi connectivity index (χ0v) is 16.2. The van der Waals surface area contributed by atoms with E-state index in [0.29, 0.717) is 31.1 Å². The van der Waals surface area contributed by atoms with Crippen LogP contribution >= 0.6 is 0 Å². The van der Waals surface area contributed by atoms with Crippen LogP contribution in [0.5, 0.6) is 5.75 Å². The number of aromatic nitrogens is 2. The van der Waals surface area contributed by atoms with Gasteiger partial charge in [0.05, 0.1) is 18.8 Å². The molecule has 6 nitrogen and oxygen atoms in total. The molecule has 1 aliphatic rings. The van der Waals surface area contributed by atoms with E-state index in [4.69, 9.17) is 4.74 Å². The molecule has 0 saturated heterocycles. The maximum atomic E-state index is 13.2. The van der Waals surface area contributed by atoms with E-state index in [1.807, 2.05) is 24.3 Å². The van der Waals surface area contributed by atoms with Gasteiger partial charge in [0.2, 0.25) is 0 Å². The van der Waals surface area contributed by atoms with Crippen molar-refractivity contribution in [1.82, 2.24) is 20.4 Å². The number of nitrogens with zero attached hydrogens (tertiary/aromatic N) is 2. The fraction of sp³-hybridized carbons (Fsp3) is 0.273. The van der Waals surface area contributed by atoms with Gasteiger partial charge in [-0.2, -0.15) is 5.10 Å². The monoisotopic (exact) mass is 394 g/mol. The van der Waals surface area contributed by atoms with Crippen LogP contribution in [0.3, 0.4) is 0 Å². The highest BCUT2D eigenvalue weighted by Gasteiger charge is 2.27. The number of halogens is 1. The molecule has 0 bridgehead atoms. The molecule has 2 aromatic carbocycles. The first-order valence-electron chi connectivity index (χ1n) is 9.73. The van der Waals surface area contributed by atoms with Crippen molar-refractivity contribution in [3.05, 3.63) is 71.7 Å².